The van der Waals surface area contributed by atoms with Crippen molar-refractivity contribution in [1.82, 2.24) is 30.0 Å². The highest BCUT2D eigenvalue weighted by Crippen LogP contribution is 2.19. The number of rotatable bonds is 7. The third-order valence-electron chi connectivity index (χ3n) is 4.31. The molecular weight excluding hydrogens is 368 g/mol. The van der Waals surface area contributed by atoms with Crippen LogP contribution in [-0.2, 0) is 13.0 Å². The molecule has 0 aliphatic heterocycles. The van der Waals surface area contributed by atoms with E-state index in [-0.39, 0.29) is 5.91 Å². The van der Waals surface area contributed by atoms with E-state index in [0.717, 1.165) is 24.0 Å². The minimum atomic E-state index is -0.245. The number of amides is 1. The van der Waals surface area contributed by atoms with Crippen molar-refractivity contribution in [1.29, 1.82) is 0 Å². The van der Waals surface area contributed by atoms with E-state index < -0.39 is 0 Å². The van der Waals surface area contributed by atoms with Crippen molar-refractivity contribution in [2.45, 2.75) is 26.3 Å². The molecule has 1 aromatic carbocycles. The summed E-state index contributed by atoms with van der Waals surface area (Å²) >= 11 is 0. The summed E-state index contributed by atoms with van der Waals surface area (Å²) in [5.74, 6) is 1.48. The zero-order valence-electron chi connectivity index (χ0n) is 15.9. The fraction of sp³-hybridized carbons (Fsp3) is 0.190. The van der Waals surface area contributed by atoms with E-state index in [2.05, 4.69) is 32.3 Å². The molecule has 0 atom stereocenters. The maximum Gasteiger partial charge on any atom is 0.271 e. The van der Waals surface area contributed by atoms with Crippen molar-refractivity contribution in [2.24, 2.45) is 0 Å². The van der Waals surface area contributed by atoms with Crippen LogP contribution in [0.1, 0.15) is 35.2 Å². The average molecular weight is 388 g/mol. The van der Waals surface area contributed by atoms with Gasteiger partial charge in [0, 0.05) is 30.9 Å². The number of hydrogen-bond donors (Lipinski definition) is 1. The van der Waals surface area contributed by atoms with Gasteiger partial charge in [0.1, 0.15) is 17.8 Å². The van der Waals surface area contributed by atoms with Crippen LogP contribution in [-0.4, -0.2) is 30.6 Å². The Bertz CT molecular complexity index is 1100. The van der Waals surface area contributed by atoms with E-state index in [0.29, 0.717) is 29.8 Å². The summed E-state index contributed by atoms with van der Waals surface area (Å²) in [6.45, 7) is 2.50. The van der Waals surface area contributed by atoms with Gasteiger partial charge in [-0.3, -0.25) is 9.36 Å². The van der Waals surface area contributed by atoms with Crippen LogP contribution in [0.2, 0.25) is 0 Å². The number of pyridine rings is 1. The predicted octanol–water partition coefficient (Wildman–Crippen LogP) is 3.20. The van der Waals surface area contributed by atoms with Crippen LogP contribution in [0.25, 0.3) is 17.3 Å². The Hall–Kier alpha value is -3.81. The molecule has 4 aromatic rings. The van der Waals surface area contributed by atoms with Crippen molar-refractivity contribution in [3.63, 3.8) is 0 Å². The van der Waals surface area contributed by atoms with E-state index in [1.807, 2.05) is 36.4 Å². The van der Waals surface area contributed by atoms with Crippen molar-refractivity contribution in [3.05, 3.63) is 78.3 Å². The topological polar surface area (TPSA) is 98.7 Å². The number of imidazole rings is 1. The maximum atomic E-state index is 12.4. The van der Waals surface area contributed by atoms with Gasteiger partial charge in [0.05, 0.1) is 0 Å². The standard InChI is InChI=1S/C21H20N6O2/c1-2-6-18-25-21(29-26-18)16-9-10-22-19(11-16)27-13-17(24-14-27)20(28)23-12-15-7-4-3-5-8-15/h3-5,7-11,13-14H,2,6,12H2,1H3,(H,23,28). The lowest BCUT2D eigenvalue weighted by Crippen LogP contribution is -2.23. The lowest BCUT2D eigenvalue weighted by molar-refractivity contribution is 0.0946. The largest absolute Gasteiger partial charge is 0.347 e. The highest BCUT2D eigenvalue weighted by atomic mass is 16.5. The second-order valence-corrected chi connectivity index (χ2v) is 6.50. The highest BCUT2D eigenvalue weighted by molar-refractivity contribution is 5.92. The molecule has 4 rings (SSSR count). The van der Waals surface area contributed by atoms with Crippen molar-refractivity contribution in [2.75, 3.05) is 0 Å². The van der Waals surface area contributed by atoms with Crippen LogP contribution in [0.5, 0.6) is 0 Å². The number of aromatic nitrogens is 5. The van der Waals surface area contributed by atoms with Crippen LogP contribution in [0.3, 0.4) is 0 Å². The zero-order valence-corrected chi connectivity index (χ0v) is 15.9. The highest BCUT2D eigenvalue weighted by Gasteiger charge is 2.13. The third-order valence-corrected chi connectivity index (χ3v) is 4.31. The fourth-order valence-electron chi connectivity index (χ4n) is 2.82. The summed E-state index contributed by atoms with van der Waals surface area (Å²) in [6, 6.07) is 13.3. The van der Waals surface area contributed by atoms with Gasteiger partial charge in [0.15, 0.2) is 5.82 Å². The smallest absolute Gasteiger partial charge is 0.271 e. The van der Waals surface area contributed by atoms with Gasteiger partial charge < -0.3 is 9.84 Å². The molecule has 8 nitrogen and oxygen atoms in total. The molecule has 1 amide bonds. The van der Waals surface area contributed by atoms with Crippen LogP contribution >= 0.6 is 0 Å². The molecule has 0 spiro atoms. The predicted molar refractivity (Wildman–Crippen MR) is 106 cm³/mol. The van der Waals surface area contributed by atoms with Crippen molar-refractivity contribution < 1.29 is 9.32 Å². The number of carbonyl (C=O) groups is 1. The minimum Gasteiger partial charge on any atom is -0.347 e. The number of hydrogen-bond acceptors (Lipinski definition) is 6. The molecule has 8 heteroatoms. The van der Waals surface area contributed by atoms with Gasteiger partial charge in [0.2, 0.25) is 0 Å². The first-order valence-electron chi connectivity index (χ1n) is 9.38. The second kappa shape index (κ2) is 8.47. The Morgan fingerprint density at radius 3 is 2.86 bits per heavy atom. The van der Waals surface area contributed by atoms with Crippen LogP contribution in [0.15, 0.2) is 65.7 Å². The molecule has 0 radical (unpaired) electrons. The molecule has 0 bridgehead atoms. The minimum absolute atomic E-state index is 0.245. The molecule has 0 saturated heterocycles. The molecule has 3 aromatic heterocycles. The molecule has 146 valence electrons. The number of carbonyl (C=O) groups excluding carboxylic acids is 1. The van der Waals surface area contributed by atoms with Gasteiger partial charge in [-0.15, -0.1) is 0 Å². The Kier molecular flexibility index (Phi) is 5.42. The molecule has 0 saturated carbocycles. The first-order valence-corrected chi connectivity index (χ1v) is 9.38. The molecule has 0 aliphatic rings. The van der Waals surface area contributed by atoms with Gasteiger partial charge >= 0.3 is 0 Å². The lowest BCUT2D eigenvalue weighted by Gasteiger charge is -2.03. The molecule has 0 aliphatic carbocycles. The summed E-state index contributed by atoms with van der Waals surface area (Å²) in [6.07, 6.45) is 6.57. The Labute approximate surface area is 167 Å². The molecule has 0 fully saturated rings. The van der Waals surface area contributed by atoms with Gasteiger partial charge in [-0.1, -0.05) is 42.4 Å². The second-order valence-electron chi connectivity index (χ2n) is 6.50. The molecule has 3 heterocycles. The Balaban J connectivity index is 1.48. The number of benzene rings is 1. The van der Waals surface area contributed by atoms with Crippen LogP contribution in [0.4, 0.5) is 0 Å². The molecule has 29 heavy (non-hydrogen) atoms. The first-order chi connectivity index (χ1) is 14.2. The summed E-state index contributed by atoms with van der Waals surface area (Å²) in [7, 11) is 0. The summed E-state index contributed by atoms with van der Waals surface area (Å²) in [5, 5.41) is 6.84. The number of nitrogens with zero attached hydrogens (tertiary/aromatic N) is 5. The molecular formula is C21H20N6O2. The van der Waals surface area contributed by atoms with Crippen LogP contribution in [0, 0.1) is 0 Å². The normalized spacial score (nSPS) is 10.8. The number of aryl methyl sites for hydroxylation is 1. The van der Waals surface area contributed by atoms with Gasteiger partial charge in [-0.2, -0.15) is 4.98 Å². The maximum absolute atomic E-state index is 12.4. The van der Waals surface area contributed by atoms with E-state index in [1.165, 1.54) is 0 Å². The third kappa shape index (κ3) is 4.37. The summed E-state index contributed by atoms with van der Waals surface area (Å²) < 4.78 is 7.02. The van der Waals surface area contributed by atoms with Gasteiger partial charge in [-0.25, -0.2) is 9.97 Å². The quantitative estimate of drug-likeness (QED) is 0.522. The molecule has 0 unspecified atom stereocenters. The summed E-state index contributed by atoms with van der Waals surface area (Å²) in [4.78, 5) is 25.3. The van der Waals surface area contributed by atoms with Crippen molar-refractivity contribution in [3.8, 4) is 17.3 Å². The van der Waals surface area contributed by atoms with E-state index in [4.69, 9.17) is 4.52 Å². The SMILES string of the molecule is CCCc1noc(-c2ccnc(-n3cnc(C(=O)NCc4ccccc4)c3)c2)n1. The lowest BCUT2D eigenvalue weighted by atomic mass is 10.2. The van der Waals surface area contributed by atoms with Crippen LogP contribution < -0.4 is 5.32 Å². The van der Waals surface area contributed by atoms with Gasteiger partial charge in [-0.05, 0) is 24.1 Å². The van der Waals surface area contributed by atoms with E-state index in [9.17, 15) is 4.79 Å². The van der Waals surface area contributed by atoms with E-state index in [1.54, 1.807) is 29.4 Å². The van der Waals surface area contributed by atoms with E-state index >= 15 is 0 Å². The van der Waals surface area contributed by atoms with Crippen molar-refractivity contribution >= 4 is 5.91 Å². The fourth-order valence-corrected chi connectivity index (χ4v) is 2.82. The monoisotopic (exact) mass is 388 g/mol. The average Bonchev–Trinajstić information content (AvgIpc) is 3.43. The Morgan fingerprint density at radius 1 is 1.17 bits per heavy atom. The Morgan fingerprint density at radius 2 is 2.03 bits per heavy atom. The number of nitrogens with one attached hydrogen (secondary N) is 1. The zero-order chi connectivity index (χ0) is 20.1. The first kappa shape index (κ1) is 18.5. The molecule has 1 N–H and O–H groups in total. The summed E-state index contributed by atoms with van der Waals surface area (Å²) in [5.41, 5.74) is 2.10. The van der Waals surface area contributed by atoms with Gasteiger partial charge in [0.25, 0.3) is 11.8 Å².